The summed E-state index contributed by atoms with van der Waals surface area (Å²) in [6.07, 6.45) is 5.12. The van der Waals surface area contributed by atoms with Gasteiger partial charge in [-0.05, 0) is 26.0 Å². The Morgan fingerprint density at radius 1 is 1.25 bits per heavy atom. The molecule has 82 valence electrons. The molecule has 16 heavy (non-hydrogen) atoms. The Kier molecular flexibility index (Phi) is 3.10. The standard InChI is InChI=1S/C12H14N4/c1-9-4-3-5-12(15-9)16-10(2)11-8-13-6-7-14-11/h3-8,10H,1-2H3,(H,15,16). The fourth-order valence-corrected chi connectivity index (χ4v) is 1.45. The number of nitrogens with zero attached hydrogens (tertiary/aromatic N) is 3. The molecule has 2 aromatic rings. The normalized spacial score (nSPS) is 12.1. The second-order valence-electron chi connectivity index (χ2n) is 3.66. The van der Waals surface area contributed by atoms with Crippen molar-refractivity contribution >= 4 is 5.82 Å². The minimum absolute atomic E-state index is 0.1000. The van der Waals surface area contributed by atoms with E-state index in [9.17, 15) is 0 Å². The van der Waals surface area contributed by atoms with Gasteiger partial charge in [-0.15, -0.1) is 0 Å². The number of aryl methyl sites for hydroxylation is 1. The summed E-state index contributed by atoms with van der Waals surface area (Å²) in [6, 6.07) is 5.99. The van der Waals surface area contributed by atoms with Crippen LogP contribution in [0.1, 0.15) is 24.4 Å². The molecule has 0 fully saturated rings. The summed E-state index contributed by atoms with van der Waals surface area (Å²) < 4.78 is 0. The smallest absolute Gasteiger partial charge is 0.126 e. The minimum Gasteiger partial charge on any atom is -0.362 e. The first kappa shape index (κ1) is 10.5. The van der Waals surface area contributed by atoms with E-state index in [0.29, 0.717) is 0 Å². The molecule has 4 nitrogen and oxygen atoms in total. The maximum atomic E-state index is 4.38. The quantitative estimate of drug-likeness (QED) is 0.852. The van der Waals surface area contributed by atoms with E-state index in [1.807, 2.05) is 32.0 Å². The average molecular weight is 214 g/mol. The molecule has 0 radical (unpaired) electrons. The molecule has 0 aromatic carbocycles. The van der Waals surface area contributed by atoms with Crippen LogP contribution in [0.15, 0.2) is 36.8 Å². The van der Waals surface area contributed by atoms with Crippen molar-refractivity contribution in [3.63, 3.8) is 0 Å². The number of hydrogen-bond donors (Lipinski definition) is 1. The van der Waals surface area contributed by atoms with Crippen molar-refractivity contribution in [1.82, 2.24) is 15.0 Å². The van der Waals surface area contributed by atoms with Crippen LogP contribution < -0.4 is 5.32 Å². The molecule has 1 atom stereocenters. The van der Waals surface area contributed by atoms with Crippen LogP contribution in [0.2, 0.25) is 0 Å². The second kappa shape index (κ2) is 4.70. The number of nitrogens with one attached hydrogen (secondary N) is 1. The van der Waals surface area contributed by atoms with Gasteiger partial charge in [-0.2, -0.15) is 0 Å². The van der Waals surface area contributed by atoms with Gasteiger partial charge in [-0.1, -0.05) is 6.07 Å². The molecule has 0 amide bonds. The Balaban J connectivity index is 2.11. The van der Waals surface area contributed by atoms with Crippen LogP contribution in [0.5, 0.6) is 0 Å². The number of pyridine rings is 1. The highest BCUT2D eigenvalue weighted by atomic mass is 15.0. The Hall–Kier alpha value is -1.97. The average Bonchev–Trinajstić information content (AvgIpc) is 2.30. The predicted octanol–water partition coefficient (Wildman–Crippen LogP) is 2.35. The zero-order valence-corrected chi connectivity index (χ0v) is 9.38. The van der Waals surface area contributed by atoms with Crippen molar-refractivity contribution in [3.05, 3.63) is 48.2 Å². The Bertz CT molecular complexity index is 456. The van der Waals surface area contributed by atoms with Crippen molar-refractivity contribution in [3.8, 4) is 0 Å². The first-order valence-corrected chi connectivity index (χ1v) is 5.22. The Morgan fingerprint density at radius 2 is 2.12 bits per heavy atom. The molecule has 1 N–H and O–H groups in total. The third kappa shape index (κ3) is 2.53. The van der Waals surface area contributed by atoms with Gasteiger partial charge in [0.15, 0.2) is 0 Å². The highest BCUT2D eigenvalue weighted by Gasteiger charge is 2.06. The molecule has 0 saturated heterocycles. The fraction of sp³-hybridized carbons (Fsp3) is 0.250. The third-order valence-corrected chi connectivity index (χ3v) is 2.28. The highest BCUT2D eigenvalue weighted by Crippen LogP contribution is 2.14. The van der Waals surface area contributed by atoms with Gasteiger partial charge in [0.2, 0.25) is 0 Å². The second-order valence-corrected chi connectivity index (χ2v) is 3.66. The molecule has 0 spiro atoms. The van der Waals surface area contributed by atoms with E-state index in [-0.39, 0.29) is 6.04 Å². The molecule has 4 heteroatoms. The van der Waals surface area contributed by atoms with E-state index in [4.69, 9.17) is 0 Å². The summed E-state index contributed by atoms with van der Waals surface area (Å²) in [6.45, 7) is 4.01. The molecule has 2 aromatic heterocycles. The molecular weight excluding hydrogens is 200 g/mol. The lowest BCUT2D eigenvalue weighted by molar-refractivity contribution is 0.819. The zero-order chi connectivity index (χ0) is 11.4. The molecule has 0 aliphatic heterocycles. The van der Waals surface area contributed by atoms with Gasteiger partial charge in [-0.25, -0.2) is 4.98 Å². The first-order valence-electron chi connectivity index (χ1n) is 5.22. The Morgan fingerprint density at radius 3 is 2.81 bits per heavy atom. The molecule has 0 aliphatic rings. The number of rotatable bonds is 3. The lowest BCUT2D eigenvalue weighted by Gasteiger charge is -2.13. The molecule has 2 rings (SSSR count). The predicted molar refractivity (Wildman–Crippen MR) is 63.0 cm³/mol. The molecule has 0 saturated carbocycles. The third-order valence-electron chi connectivity index (χ3n) is 2.28. The summed E-state index contributed by atoms with van der Waals surface area (Å²) >= 11 is 0. The summed E-state index contributed by atoms with van der Waals surface area (Å²) in [7, 11) is 0. The van der Waals surface area contributed by atoms with Crippen LogP contribution in [0.4, 0.5) is 5.82 Å². The summed E-state index contributed by atoms with van der Waals surface area (Å²) in [5.74, 6) is 0.859. The summed E-state index contributed by atoms with van der Waals surface area (Å²) in [5.41, 5.74) is 1.90. The zero-order valence-electron chi connectivity index (χ0n) is 9.38. The van der Waals surface area contributed by atoms with E-state index in [1.54, 1.807) is 18.6 Å². The first-order chi connectivity index (χ1) is 7.75. The SMILES string of the molecule is Cc1cccc(NC(C)c2cnccn2)n1. The monoisotopic (exact) mass is 214 g/mol. The van der Waals surface area contributed by atoms with E-state index >= 15 is 0 Å². The fourth-order valence-electron chi connectivity index (χ4n) is 1.45. The van der Waals surface area contributed by atoms with Crippen molar-refractivity contribution in [2.75, 3.05) is 5.32 Å². The number of hydrogen-bond acceptors (Lipinski definition) is 4. The van der Waals surface area contributed by atoms with E-state index in [2.05, 4.69) is 20.3 Å². The van der Waals surface area contributed by atoms with Crippen molar-refractivity contribution in [1.29, 1.82) is 0 Å². The number of aromatic nitrogens is 3. The van der Waals surface area contributed by atoms with Crippen molar-refractivity contribution in [2.45, 2.75) is 19.9 Å². The number of anilines is 1. The van der Waals surface area contributed by atoms with Gasteiger partial charge in [-0.3, -0.25) is 9.97 Å². The van der Waals surface area contributed by atoms with Crippen LogP contribution in [0.25, 0.3) is 0 Å². The largest absolute Gasteiger partial charge is 0.362 e. The topological polar surface area (TPSA) is 50.7 Å². The highest BCUT2D eigenvalue weighted by molar-refractivity contribution is 5.37. The molecule has 2 heterocycles. The van der Waals surface area contributed by atoms with Crippen LogP contribution in [0, 0.1) is 6.92 Å². The van der Waals surface area contributed by atoms with Gasteiger partial charge in [0, 0.05) is 18.1 Å². The van der Waals surface area contributed by atoms with E-state index < -0.39 is 0 Å². The van der Waals surface area contributed by atoms with Gasteiger partial charge in [0.1, 0.15) is 5.82 Å². The van der Waals surface area contributed by atoms with E-state index in [1.165, 1.54) is 0 Å². The van der Waals surface area contributed by atoms with Crippen LogP contribution in [-0.4, -0.2) is 15.0 Å². The molecular formula is C12H14N4. The van der Waals surface area contributed by atoms with Crippen molar-refractivity contribution < 1.29 is 0 Å². The van der Waals surface area contributed by atoms with Crippen LogP contribution in [0.3, 0.4) is 0 Å². The minimum atomic E-state index is 0.1000. The molecule has 1 unspecified atom stereocenters. The van der Waals surface area contributed by atoms with Crippen LogP contribution in [-0.2, 0) is 0 Å². The maximum absolute atomic E-state index is 4.38. The summed E-state index contributed by atoms with van der Waals surface area (Å²) in [4.78, 5) is 12.7. The van der Waals surface area contributed by atoms with Crippen LogP contribution >= 0.6 is 0 Å². The molecule has 0 aliphatic carbocycles. The van der Waals surface area contributed by atoms with Gasteiger partial charge >= 0.3 is 0 Å². The van der Waals surface area contributed by atoms with E-state index in [0.717, 1.165) is 17.2 Å². The summed E-state index contributed by atoms with van der Waals surface area (Å²) in [5, 5.41) is 3.29. The maximum Gasteiger partial charge on any atom is 0.126 e. The van der Waals surface area contributed by atoms with Gasteiger partial charge in [0.05, 0.1) is 17.9 Å². The van der Waals surface area contributed by atoms with Crippen molar-refractivity contribution in [2.24, 2.45) is 0 Å². The Labute approximate surface area is 94.8 Å². The van der Waals surface area contributed by atoms with Gasteiger partial charge in [0.25, 0.3) is 0 Å². The lowest BCUT2D eigenvalue weighted by atomic mass is 10.2. The van der Waals surface area contributed by atoms with Gasteiger partial charge < -0.3 is 5.32 Å². The lowest BCUT2D eigenvalue weighted by Crippen LogP contribution is -2.09. The molecule has 0 bridgehead atoms.